The first kappa shape index (κ1) is 14.2. The van der Waals surface area contributed by atoms with Gasteiger partial charge in [0.25, 0.3) is 0 Å². The van der Waals surface area contributed by atoms with Gasteiger partial charge in [-0.05, 0) is 36.7 Å². The first-order valence-electron chi connectivity index (χ1n) is 6.50. The summed E-state index contributed by atoms with van der Waals surface area (Å²) in [7, 11) is 2.13. The Morgan fingerprint density at radius 1 is 1.00 bits per heavy atom. The number of aromatic nitrogens is 1. The van der Waals surface area contributed by atoms with E-state index >= 15 is 0 Å². The highest BCUT2D eigenvalue weighted by Crippen LogP contribution is 2.09. The van der Waals surface area contributed by atoms with E-state index in [9.17, 15) is 0 Å². The summed E-state index contributed by atoms with van der Waals surface area (Å²) in [6.07, 6.45) is 2.93. The number of halogens is 1. The average molecular weight is 319 g/mol. The minimum Gasteiger partial charge on any atom is -0.296 e. The number of hydrogen-bond acceptors (Lipinski definition) is 2. The maximum atomic E-state index is 4.35. The molecule has 0 aliphatic carbocycles. The molecule has 0 saturated carbocycles. The lowest BCUT2D eigenvalue weighted by Crippen LogP contribution is -2.17. The van der Waals surface area contributed by atoms with E-state index in [1.165, 1.54) is 11.1 Å². The van der Waals surface area contributed by atoms with E-state index in [2.05, 4.69) is 63.2 Å². The molecule has 0 amide bonds. The number of benzene rings is 1. The van der Waals surface area contributed by atoms with Gasteiger partial charge in [0.15, 0.2) is 0 Å². The molecule has 1 aromatic heterocycles. The standard InChI is InChI=1S/C16H19BrN2/c1-19(13-16-4-2-3-11-18-16)12-15-7-5-14(6-8-15)9-10-17/h2-8,11H,9-10,12-13H2,1H3. The summed E-state index contributed by atoms with van der Waals surface area (Å²) in [5.41, 5.74) is 3.84. The van der Waals surface area contributed by atoms with Crippen LogP contribution in [-0.4, -0.2) is 22.3 Å². The molecule has 0 unspecified atom stereocenters. The van der Waals surface area contributed by atoms with Crippen LogP contribution in [0.3, 0.4) is 0 Å². The molecule has 0 radical (unpaired) electrons. The maximum absolute atomic E-state index is 4.35. The van der Waals surface area contributed by atoms with Gasteiger partial charge in [-0.15, -0.1) is 0 Å². The normalized spacial score (nSPS) is 10.9. The van der Waals surface area contributed by atoms with Crippen molar-refractivity contribution in [2.75, 3.05) is 12.4 Å². The van der Waals surface area contributed by atoms with Crippen LogP contribution >= 0.6 is 15.9 Å². The molecule has 2 nitrogen and oxygen atoms in total. The molecule has 0 saturated heterocycles. The molecule has 3 heteroatoms. The Morgan fingerprint density at radius 3 is 2.37 bits per heavy atom. The van der Waals surface area contributed by atoms with Gasteiger partial charge >= 0.3 is 0 Å². The van der Waals surface area contributed by atoms with Gasteiger partial charge in [-0.3, -0.25) is 9.88 Å². The van der Waals surface area contributed by atoms with Gasteiger partial charge < -0.3 is 0 Å². The second-order valence-corrected chi connectivity index (χ2v) is 5.54. The van der Waals surface area contributed by atoms with Crippen LogP contribution in [0, 0.1) is 0 Å². The third-order valence-electron chi connectivity index (χ3n) is 3.02. The molecule has 0 spiro atoms. The number of hydrogen-bond donors (Lipinski definition) is 0. The second-order valence-electron chi connectivity index (χ2n) is 4.75. The van der Waals surface area contributed by atoms with E-state index in [1.54, 1.807) is 0 Å². The molecule has 0 aliphatic heterocycles. The molecule has 0 N–H and O–H groups in total. The fourth-order valence-corrected chi connectivity index (χ4v) is 2.51. The van der Waals surface area contributed by atoms with Crippen molar-refractivity contribution in [3.63, 3.8) is 0 Å². The molecule has 100 valence electrons. The van der Waals surface area contributed by atoms with E-state index in [4.69, 9.17) is 0 Å². The maximum Gasteiger partial charge on any atom is 0.0543 e. The number of nitrogens with zero attached hydrogens (tertiary/aromatic N) is 2. The molecule has 2 rings (SSSR count). The van der Waals surface area contributed by atoms with Crippen molar-refractivity contribution in [2.24, 2.45) is 0 Å². The highest BCUT2D eigenvalue weighted by Gasteiger charge is 2.02. The lowest BCUT2D eigenvalue weighted by atomic mass is 10.1. The third-order valence-corrected chi connectivity index (χ3v) is 3.41. The lowest BCUT2D eigenvalue weighted by Gasteiger charge is -2.16. The second kappa shape index (κ2) is 7.41. The van der Waals surface area contributed by atoms with Crippen molar-refractivity contribution in [3.05, 3.63) is 65.5 Å². The fraction of sp³-hybridized carbons (Fsp3) is 0.312. The van der Waals surface area contributed by atoms with Gasteiger partial charge in [-0.2, -0.15) is 0 Å². The number of aryl methyl sites for hydroxylation is 1. The quantitative estimate of drug-likeness (QED) is 0.756. The third kappa shape index (κ3) is 4.77. The Kier molecular flexibility index (Phi) is 5.55. The van der Waals surface area contributed by atoms with Crippen LogP contribution in [0.5, 0.6) is 0 Å². The fourth-order valence-electron chi connectivity index (χ4n) is 2.06. The molecule has 0 aliphatic rings. The molecule has 1 heterocycles. The van der Waals surface area contributed by atoms with Crippen molar-refractivity contribution < 1.29 is 0 Å². The van der Waals surface area contributed by atoms with Gasteiger partial charge in [0.1, 0.15) is 0 Å². The van der Waals surface area contributed by atoms with Gasteiger partial charge in [0.2, 0.25) is 0 Å². The Bertz CT molecular complexity index is 482. The number of alkyl halides is 1. The van der Waals surface area contributed by atoms with E-state index in [0.29, 0.717) is 0 Å². The van der Waals surface area contributed by atoms with Gasteiger partial charge in [0, 0.05) is 24.6 Å². The van der Waals surface area contributed by atoms with Crippen molar-refractivity contribution in [1.29, 1.82) is 0 Å². The predicted octanol–water partition coefficient (Wildman–Crippen LogP) is 3.65. The van der Waals surface area contributed by atoms with Crippen molar-refractivity contribution in [1.82, 2.24) is 9.88 Å². The van der Waals surface area contributed by atoms with Gasteiger partial charge in [-0.1, -0.05) is 46.3 Å². The lowest BCUT2D eigenvalue weighted by molar-refractivity contribution is 0.315. The monoisotopic (exact) mass is 318 g/mol. The van der Waals surface area contributed by atoms with Crippen LogP contribution in [0.15, 0.2) is 48.7 Å². The Hall–Kier alpha value is -1.19. The largest absolute Gasteiger partial charge is 0.296 e. The summed E-state index contributed by atoms with van der Waals surface area (Å²) in [6.45, 7) is 1.83. The first-order chi connectivity index (χ1) is 9.28. The van der Waals surface area contributed by atoms with Crippen LogP contribution in [-0.2, 0) is 19.5 Å². The summed E-state index contributed by atoms with van der Waals surface area (Å²) in [5.74, 6) is 0. The van der Waals surface area contributed by atoms with Gasteiger partial charge in [-0.25, -0.2) is 0 Å². The number of rotatable bonds is 6. The summed E-state index contributed by atoms with van der Waals surface area (Å²) < 4.78 is 0. The molecule has 0 atom stereocenters. The van der Waals surface area contributed by atoms with Crippen LogP contribution in [0.2, 0.25) is 0 Å². The molecule has 1 aromatic carbocycles. The molecule has 0 fully saturated rings. The Balaban J connectivity index is 1.89. The van der Waals surface area contributed by atoms with Crippen molar-refractivity contribution in [2.45, 2.75) is 19.5 Å². The summed E-state index contributed by atoms with van der Waals surface area (Å²) >= 11 is 3.47. The Labute approximate surface area is 123 Å². The zero-order valence-electron chi connectivity index (χ0n) is 11.2. The highest BCUT2D eigenvalue weighted by atomic mass is 79.9. The zero-order valence-corrected chi connectivity index (χ0v) is 12.8. The van der Waals surface area contributed by atoms with Crippen molar-refractivity contribution >= 4 is 15.9 Å². The van der Waals surface area contributed by atoms with E-state index in [0.717, 1.165) is 30.5 Å². The topological polar surface area (TPSA) is 16.1 Å². The minimum absolute atomic E-state index is 0.879. The van der Waals surface area contributed by atoms with Gasteiger partial charge in [0.05, 0.1) is 5.69 Å². The Morgan fingerprint density at radius 2 is 1.74 bits per heavy atom. The molecular weight excluding hydrogens is 300 g/mol. The minimum atomic E-state index is 0.879. The predicted molar refractivity (Wildman–Crippen MR) is 83.3 cm³/mol. The summed E-state index contributed by atoms with van der Waals surface area (Å²) in [5, 5.41) is 1.02. The molecule has 2 aromatic rings. The number of pyridine rings is 1. The van der Waals surface area contributed by atoms with Crippen LogP contribution in [0.4, 0.5) is 0 Å². The zero-order chi connectivity index (χ0) is 13.5. The van der Waals surface area contributed by atoms with Crippen molar-refractivity contribution in [3.8, 4) is 0 Å². The average Bonchev–Trinajstić information content (AvgIpc) is 2.42. The van der Waals surface area contributed by atoms with E-state index in [-0.39, 0.29) is 0 Å². The van der Waals surface area contributed by atoms with E-state index in [1.807, 2.05) is 18.3 Å². The smallest absolute Gasteiger partial charge is 0.0543 e. The molecule has 19 heavy (non-hydrogen) atoms. The molecule has 0 bridgehead atoms. The van der Waals surface area contributed by atoms with Crippen LogP contribution in [0.1, 0.15) is 16.8 Å². The highest BCUT2D eigenvalue weighted by molar-refractivity contribution is 9.09. The SMILES string of the molecule is CN(Cc1ccc(CCBr)cc1)Cc1ccccn1. The summed E-state index contributed by atoms with van der Waals surface area (Å²) in [6, 6.07) is 14.9. The van der Waals surface area contributed by atoms with E-state index < -0.39 is 0 Å². The van der Waals surface area contributed by atoms with Crippen LogP contribution in [0.25, 0.3) is 0 Å². The van der Waals surface area contributed by atoms with Crippen LogP contribution < -0.4 is 0 Å². The summed E-state index contributed by atoms with van der Waals surface area (Å²) in [4.78, 5) is 6.63. The molecular formula is C16H19BrN2. The first-order valence-corrected chi connectivity index (χ1v) is 7.62.